The fraction of sp³-hybridized carbons (Fsp3) is 0.562. The molecule has 0 aliphatic rings. The van der Waals surface area contributed by atoms with Crippen molar-refractivity contribution >= 4 is 17.7 Å². The molecular weight excluding hydrogens is 270 g/mol. The van der Waals surface area contributed by atoms with Crippen LogP contribution >= 0.6 is 11.8 Å². The summed E-state index contributed by atoms with van der Waals surface area (Å²) in [6.45, 7) is 9.37. The van der Waals surface area contributed by atoms with Crippen LogP contribution in [0.25, 0.3) is 0 Å². The van der Waals surface area contributed by atoms with Crippen molar-refractivity contribution in [2.24, 2.45) is 0 Å². The summed E-state index contributed by atoms with van der Waals surface area (Å²) in [6, 6.07) is 6.16. The Kier molecular flexibility index (Phi) is 7.70. The number of esters is 1. The predicted octanol–water partition coefficient (Wildman–Crippen LogP) is 3.33. The zero-order chi connectivity index (χ0) is 15.0. The van der Waals surface area contributed by atoms with Crippen molar-refractivity contribution in [2.75, 3.05) is 18.9 Å². The Balaban J connectivity index is 2.64. The monoisotopic (exact) mass is 295 g/mol. The number of aryl methyl sites for hydroxylation is 2. The van der Waals surface area contributed by atoms with Gasteiger partial charge in [-0.05, 0) is 45.4 Å². The molecule has 3 nitrogen and oxygen atoms in total. The smallest absolute Gasteiger partial charge is 0.323 e. The molecule has 0 amide bonds. The maximum Gasteiger partial charge on any atom is 0.323 e. The summed E-state index contributed by atoms with van der Waals surface area (Å²) in [6.07, 6.45) is 1.00. The van der Waals surface area contributed by atoms with E-state index in [0.717, 1.165) is 13.0 Å². The molecule has 0 heterocycles. The van der Waals surface area contributed by atoms with E-state index in [2.05, 4.69) is 44.3 Å². The Morgan fingerprint density at radius 3 is 2.75 bits per heavy atom. The molecule has 0 saturated carbocycles. The van der Waals surface area contributed by atoms with Crippen LogP contribution in [-0.4, -0.2) is 30.9 Å². The molecule has 1 aromatic carbocycles. The van der Waals surface area contributed by atoms with Crippen LogP contribution < -0.4 is 5.32 Å². The number of benzene rings is 1. The van der Waals surface area contributed by atoms with Gasteiger partial charge in [-0.2, -0.15) is 0 Å². The number of thioether (sulfide) groups is 1. The lowest BCUT2D eigenvalue weighted by Crippen LogP contribution is -2.40. The maximum absolute atomic E-state index is 11.9. The Bertz CT molecular complexity index is 434. The number of hydrogen-bond acceptors (Lipinski definition) is 4. The Morgan fingerprint density at radius 1 is 1.35 bits per heavy atom. The molecule has 20 heavy (non-hydrogen) atoms. The number of nitrogens with one attached hydrogen (secondary N) is 1. The van der Waals surface area contributed by atoms with Gasteiger partial charge in [0.2, 0.25) is 0 Å². The highest BCUT2D eigenvalue weighted by molar-refractivity contribution is 7.99. The van der Waals surface area contributed by atoms with E-state index in [4.69, 9.17) is 4.74 Å². The highest BCUT2D eigenvalue weighted by atomic mass is 32.2. The minimum absolute atomic E-state index is 0.154. The van der Waals surface area contributed by atoms with Crippen molar-refractivity contribution in [1.82, 2.24) is 5.32 Å². The largest absolute Gasteiger partial charge is 0.465 e. The minimum Gasteiger partial charge on any atom is -0.465 e. The van der Waals surface area contributed by atoms with Crippen molar-refractivity contribution < 1.29 is 9.53 Å². The second-order valence-corrected chi connectivity index (χ2v) is 5.90. The van der Waals surface area contributed by atoms with E-state index >= 15 is 0 Å². The van der Waals surface area contributed by atoms with Crippen molar-refractivity contribution in [3.05, 3.63) is 29.3 Å². The molecule has 0 aliphatic carbocycles. The molecule has 0 fully saturated rings. The van der Waals surface area contributed by atoms with Crippen molar-refractivity contribution in [1.29, 1.82) is 0 Å². The van der Waals surface area contributed by atoms with Crippen LogP contribution in [0.1, 0.15) is 31.4 Å². The van der Waals surface area contributed by atoms with Gasteiger partial charge in [-0.25, -0.2) is 0 Å². The summed E-state index contributed by atoms with van der Waals surface area (Å²) in [7, 11) is 0. The van der Waals surface area contributed by atoms with Crippen LogP contribution in [0.15, 0.2) is 23.1 Å². The Morgan fingerprint density at radius 2 is 2.10 bits per heavy atom. The fourth-order valence-electron chi connectivity index (χ4n) is 1.81. The summed E-state index contributed by atoms with van der Waals surface area (Å²) in [5.41, 5.74) is 2.49. The quantitative estimate of drug-likeness (QED) is 0.590. The summed E-state index contributed by atoms with van der Waals surface area (Å²) >= 11 is 1.71. The van der Waals surface area contributed by atoms with E-state index in [-0.39, 0.29) is 12.0 Å². The van der Waals surface area contributed by atoms with Crippen LogP contribution in [-0.2, 0) is 9.53 Å². The van der Waals surface area contributed by atoms with Crippen LogP contribution in [0.3, 0.4) is 0 Å². The molecule has 1 rings (SSSR count). The molecule has 1 unspecified atom stereocenters. The highest BCUT2D eigenvalue weighted by Crippen LogP contribution is 2.24. The summed E-state index contributed by atoms with van der Waals surface area (Å²) in [4.78, 5) is 13.2. The van der Waals surface area contributed by atoms with Gasteiger partial charge in [0.05, 0.1) is 6.61 Å². The molecule has 0 spiro atoms. The van der Waals surface area contributed by atoms with Crippen LogP contribution in [0.2, 0.25) is 0 Å². The molecule has 4 heteroatoms. The van der Waals surface area contributed by atoms with E-state index < -0.39 is 0 Å². The fourth-order valence-corrected chi connectivity index (χ4v) is 2.97. The second kappa shape index (κ2) is 9.03. The average molecular weight is 295 g/mol. The van der Waals surface area contributed by atoms with Gasteiger partial charge in [-0.15, -0.1) is 11.8 Å². The van der Waals surface area contributed by atoms with Crippen LogP contribution in [0.4, 0.5) is 0 Å². The lowest BCUT2D eigenvalue weighted by molar-refractivity contribution is -0.144. The van der Waals surface area contributed by atoms with Gasteiger partial charge in [0, 0.05) is 10.6 Å². The SMILES string of the molecule is CCCNC(CSc1cc(C)ccc1C)C(=O)OCC. The van der Waals surface area contributed by atoms with E-state index in [1.807, 2.05) is 6.92 Å². The first-order valence-corrected chi connectivity index (χ1v) is 8.17. The minimum atomic E-state index is -0.236. The highest BCUT2D eigenvalue weighted by Gasteiger charge is 2.19. The normalized spacial score (nSPS) is 12.2. The van der Waals surface area contributed by atoms with Gasteiger partial charge >= 0.3 is 5.97 Å². The second-order valence-electron chi connectivity index (χ2n) is 4.84. The first-order valence-electron chi connectivity index (χ1n) is 7.18. The molecule has 0 saturated heterocycles. The molecule has 1 atom stereocenters. The Labute approximate surface area is 126 Å². The van der Waals surface area contributed by atoms with Crippen LogP contribution in [0.5, 0.6) is 0 Å². The van der Waals surface area contributed by atoms with Gasteiger partial charge in [0.15, 0.2) is 0 Å². The van der Waals surface area contributed by atoms with Gasteiger partial charge in [0.25, 0.3) is 0 Å². The molecule has 112 valence electrons. The number of hydrogen-bond donors (Lipinski definition) is 1. The third-order valence-electron chi connectivity index (χ3n) is 2.96. The molecule has 0 aromatic heterocycles. The van der Waals surface area contributed by atoms with E-state index in [0.29, 0.717) is 12.4 Å². The number of carbonyl (C=O) groups is 1. The molecule has 1 N–H and O–H groups in total. The zero-order valence-electron chi connectivity index (χ0n) is 12.9. The molecule has 1 aromatic rings. The van der Waals surface area contributed by atoms with Crippen molar-refractivity contribution in [2.45, 2.75) is 45.1 Å². The lowest BCUT2D eigenvalue weighted by Gasteiger charge is -2.17. The van der Waals surface area contributed by atoms with Gasteiger partial charge < -0.3 is 10.1 Å². The number of ether oxygens (including phenoxy) is 1. The van der Waals surface area contributed by atoms with E-state index in [9.17, 15) is 4.79 Å². The Hall–Kier alpha value is -1.00. The number of rotatable bonds is 8. The van der Waals surface area contributed by atoms with Crippen molar-refractivity contribution in [3.63, 3.8) is 0 Å². The van der Waals surface area contributed by atoms with E-state index in [1.165, 1.54) is 16.0 Å². The van der Waals surface area contributed by atoms with Gasteiger partial charge in [-0.3, -0.25) is 4.79 Å². The van der Waals surface area contributed by atoms with E-state index in [1.54, 1.807) is 11.8 Å². The van der Waals surface area contributed by atoms with Gasteiger partial charge in [0.1, 0.15) is 6.04 Å². The number of carbonyl (C=O) groups excluding carboxylic acids is 1. The first-order chi connectivity index (χ1) is 9.58. The summed E-state index contributed by atoms with van der Waals surface area (Å²) in [5.74, 6) is 0.544. The third-order valence-corrected chi connectivity index (χ3v) is 4.21. The molecule has 0 bridgehead atoms. The lowest BCUT2D eigenvalue weighted by atomic mass is 10.2. The standard InChI is InChI=1S/C16H25NO2S/c1-5-9-17-14(16(18)19-6-2)11-20-15-10-12(3)7-8-13(15)4/h7-8,10,14,17H,5-6,9,11H2,1-4H3. The predicted molar refractivity (Wildman–Crippen MR) is 85.4 cm³/mol. The van der Waals surface area contributed by atoms with Crippen LogP contribution in [0, 0.1) is 13.8 Å². The molecule has 0 radical (unpaired) electrons. The first kappa shape index (κ1) is 17.1. The van der Waals surface area contributed by atoms with Gasteiger partial charge in [-0.1, -0.05) is 24.6 Å². The summed E-state index contributed by atoms with van der Waals surface area (Å²) in [5, 5.41) is 3.26. The average Bonchev–Trinajstić information content (AvgIpc) is 2.42. The zero-order valence-corrected chi connectivity index (χ0v) is 13.7. The summed E-state index contributed by atoms with van der Waals surface area (Å²) < 4.78 is 5.13. The topological polar surface area (TPSA) is 38.3 Å². The molecular formula is C16H25NO2S. The van der Waals surface area contributed by atoms with Crippen molar-refractivity contribution in [3.8, 4) is 0 Å². The maximum atomic E-state index is 11.9. The molecule has 0 aliphatic heterocycles. The third kappa shape index (κ3) is 5.55.